The Labute approximate surface area is 131 Å². The summed E-state index contributed by atoms with van der Waals surface area (Å²) in [6, 6.07) is 6.26. The minimum atomic E-state index is -2.93. The molecule has 2 aromatic heterocycles. The molecule has 122 valence electrons. The Kier molecular flexibility index (Phi) is 3.15. The van der Waals surface area contributed by atoms with E-state index in [-0.39, 0.29) is 11.3 Å². The van der Waals surface area contributed by atoms with E-state index >= 15 is 0 Å². The van der Waals surface area contributed by atoms with Gasteiger partial charge in [0.2, 0.25) is 5.95 Å². The van der Waals surface area contributed by atoms with Crippen LogP contribution in [0.1, 0.15) is 0 Å². The van der Waals surface area contributed by atoms with Crippen LogP contribution in [0.4, 0.5) is 17.6 Å². The molecule has 0 spiro atoms. The molecule has 0 amide bonds. The topological polar surface area (TPSA) is 55.7 Å². The lowest BCUT2D eigenvalue weighted by Gasteiger charge is -2.04. The second kappa shape index (κ2) is 5.22. The van der Waals surface area contributed by atoms with Gasteiger partial charge in [-0.1, -0.05) is 0 Å². The van der Waals surface area contributed by atoms with Crippen LogP contribution in [0, 0.1) is 11.6 Å². The van der Waals surface area contributed by atoms with Crippen LogP contribution >= 0.6 is 0 Å². The van der Waals surface area contributed by atoms with Gasteiger partial charge in [-0.3, -0.25) is 4.57 Å². The third kappa shape index (κ3) is 2.34. The van der Waals surface area contributed by atoms with Gasteiger partial charge in [-0.2, -0.15) is 8.78 Å². The molecule has 0 aliphatic carbocycles. The quantitative estimate of drug-likeness (QED) is 0.579. The van der Waals surface area contributed by atoms with Crippen molar-refractivity contribution in [3.63, 3.8) is 0 Å². The van der Waals surface area contributed by atoms with Gasteiger partial charge in [0.25, 0.3) is 0 Å². The normalized spacial score (nSPS) is 11.7. The number of nitrogens with zero attached hydrogens (tertiary/aromatic N) is 3. The van der Waals surface area contributed by atoms with Crippen molar-refractivity contribution >= 4 is 22.1 Å². The molecule has 0 saturated carbocycles. The second-order valence-corrected chi connectivity index (χ2v) is 4.99. The van der Waals surface area contributed by atoms with E-state index in [4.69, 9.17) is 0 Å². The molecule has 0 radical (unpaired) electrons. The Hall–Kier alpha value is -3.10. The van der Waals surface area contributed by atoms with Gasteiger partial charge in [0.15, 0.2) is 11.6 Å². The number of rotatable bonds is 3. The number of alkyl halides is 2. The molecular weight excluding hydrogens is 328 g/mol. The first kappa shape index (κ1) is 14.5. The zero-order chi connectivity index (χ0) is 16.8. The van der Waals surface area contributed by atoms with E-state index in [1.165, 1.54) is 29.1 Å². The number of halogens is 4. The Morgan fingerprint density at radius 2 is 1.83 bits per heavy atom. The van der Waals surface area contributed by atoms with Crippen molar-refractivity contribution in [1.82, 2.24) is 19.5 Å². The van der Waals surface area contributed by atoms with E-state index in [1.807, 2.05) is 0 Å². The summed E-state index contributed by atoms with van der Waals surface area (Å²) in [5.74, 6) is -1.71. The van der Waals surface area contributed by atoms with Gasteiger partial charge in [0.05, 0.1) is 22.1 Å². The number of hydrogen-bond donors (Lipinski definition) is 1. The number of imidazole rings is 2. The summed E-state index contributed by atoms with van der Waals surface area (Å²) in [4.78, 5) is 11.1. The van der Waals surface area contributed by atoms with E-state index < -0.39 is 18.2 Å². The zero-order valence-electron chi connectivity index (χ0n) is 11.8. The molecule has 2 heterocycles. The fraction of sp³-hybridized carbons (Fsp3) is 0.0667. The molecule has 24 heavy (non-hydrogen) atoms. The summed E-state index contributed by atoms with van der Waals surface area (Å²) < 4.78 is 56.9. The van der Waals surface area contributed by atoms with Crippen LogP contribution < -0.4 is 4.74 Å². The first-order valence-corrected chi connectivity index (χ1v) is 6.78. The Morgan fingerprint density at radius 3 is 2.62 bits per heavy atom. The number of ether oxygens (including phenoxy) is 1. The summed E-state index contributed by atoms with van der Waals surface area (Å²) in [7, 11) is 0. The van der Waals surface area contributed by atoms with Gasteiger partial charge < -0.3 is 9.72 Å². The van der Waals surface area contributed by atoms with E-state index in [2.05, 4.69) is 19.7 Å². The zero-order valence-corrected chi connectivity index (χ0v) is 11.8. The van der Waals surface area contributed by atoms with E-state index in [0.29, 0.717) is 22.5 Å². The predicted octanol–water partition coefficient (Wildman–Crippen LogP) is 3.78. The standard InChI is InChI=1S/C15H8F4N4O/c16-8-4-10-11(5-9(8)17)22-15(21-10)23-6-20-12-3-7(24-14(18)19)1-2-13(12)23/h1-6,14H,(H,21,22). The summed E-state index contributed by atoms with van der Waals surface area (Å²) in [5.41, 5.74) is 1.55. The lowest BCUT2D eigenvalue weighted by atomic mass is 10.3. The van der Waals surface area contributed by atoms with Gasteiger partial charge in [0, 0.05) is 18.2 Å². The van der Waals surface area contributed by atoms with Gasteiger partial charge in [-0.05, 0) is 12.1 Å². The van der Waals surface area contributed by atoms with Crippen LogP contribution in [0.25, 0.3) is 28.0 Å². The monoisotopic (exact) mass is 336 g/mol. The lowest BCUT2D eigenvalue weighted by molar-refractivity contribution is -0.0497. The molecule has 4 aromatic rings. The van der Waals surface area contributed by atoms with Crippen LogP contribution in [-0.2, 0) is 0 Å². The fourth-order valence-electron chi connectivity index (χ4n) is 2.44. The molecule has 0 aliphatic rings. The molecular formula is C15H8F4N4O. The fourth-order valence-corrected chi connectivity index (χ4v) is 2.44. The van der Waals surface area contributed by atoms with Gasteiger partial charge in [0.1, 0.15) is 12.1 Å². The molecule has 0 fully saturated rings. The number of aromatic amines is 1. The Balaban J connectivity index is 1.81. The molecule has 0 unspecified atom stereocenters. The second-order valence-electron chi connectivity index (χ2n) is 4.99. The third-order valence-corrected chi connectivity index (χ3v) is 3.48. The van der Waals surface area contributed by atoms with Crippen molar-refractivity contribution in [2.24, 2.45) is 0 Å². The molecule has 2 aromatic carbocycles. The number of fused-ring (bicyclic) bond motifs is 2. The average Bonchev–Trinajstić information content (AvgIpc) is 3.10. The Morgan fingerprint density at radius 1 is 1.04 bits per heavy atom. The summed E-state index contributed by atoms with van der Waals surface area (Å²) in [5, 5.41) is 0. The van der Waals surface area contributed by atoms with Gasteiger partial charge in [-0.25, -0.2) is 18.7 Å². The van der Waals surface area contributed by atoms with Crippen LogP contribution in [0.5, 0.6) is 5.75 Å². The molecule has 0 aliphatic heterocycles. The maximum Gasteiger partial charge on any atom is 0.387 e. The smallest absolute Gasteiger partial charge is 0.387 e. The van der Waals surface area contributed by atoms with Crippen LogP contribution in [0.2, 0.25) is 0 Å². The predicted molar refractivity (Wildman–Crippen MR) is 77.3 cm³/mol. The molecule has 4 rings (SSSR count). The maximum absolute atomic E-state index is 13.3. The molecule has 0 atom stereocenters. The highest BCUT2D eigenvalue weighted by Gasteiger charge is 2.13. The SMILES string of the molecule is Fc1cc2nc(-n3cnc4cc(OC(F)F)ccc43)[nH]c2cc1F. The summed E-state index contributed by atoms with van der Waals surface area (Å²) >= 11 is 0. The van der Waals surface area contributed by atoms with E-state index in [9.17, 15) is 17.6 Å². The summed E-state index contributed by atoms with van der Waals surface area (Å²) in [6.07, 6.45) is 1.42. The van der Waals surface area contributed by atoms with E-state index in [1.54, 1.807) is 0 Å². The lowest BCUT2D eigenvalue weighted by Crippen LogP contribution is -2.01. The van der Waals surface area contributed by atoms with Crippen molar-refractivity contribution < 1.29 is 22.3 Å². The molecule has 1 N–H and O–H groups in total. The third-order valence-electron chi connectivity index (χ3n) is 3.48. The van der Waals surface area contributed by atoms with Crippen molar-refractivity contribution in [2.45, 2.75) is 6.61 Å². The van der Waals surface area contributed by atoms with Crippen LogP contribution in [0.15, 0.2) is 36.7 Å². The van der Waals surface area contributed by atoms with Crippen LogP contribution in [0.3, 0.4) is 0 Å². The maximum atomic E-state index is 13.3. The van der Waals surface area contributed by atoms with E-state index in [0.717, 1.165) is 12.1 Å². The number of H-pyrrole nitrogens is 1. The van der Waals surface area contributed by atoms with Gasteiger partial charge in [-0.15, -0.1) is 0 Å². The minimum Gasteiger partial charge on any atom is -0.435 e. The number of nitrogens with one attached hydrogen (secondary N) is 1. The highest BCUT2D eigenvalue weighted by molar-refractivity contribution is 5.80. The average molecular weight is 336 g/mol. The van der Waals surface area contributed by atoms with Crippen molar-refractivity contribution in [1.29, 1.82) is 0 Å². The number of aromatic nitrogens is 4. The highest BCUT2D eigenvalue weighted by atomic mass is 19.3. The molecule has 0 saturated heterocycles. The first-order chi connectivity index (χ1) is 11.5. The van der Waals surface area contributed by atoms with Crippen molar-refractivity contribution in [3.05, 3.63) is 48.3 Å². The van der Waals surface area contributed by atoms with Crippen molar-refractivity contribution in [3.8, 4) is 11.7 Å². The van der Waals surface area contributed by atoms with Gasteiger partial charge >= 0.3 is 6.61 Å². The number of benzene rings is 2. The van der Waals surface area contributed by atoms with Crippen LogP contribution in [-0.4, -0.2) is 26.1 Å². The number of hydrogen-bond acceptors (Lipinski definition) is 3. The largest absolute Gasteiger partial charge is 0.435 e. The first-order valence-electron chi connectivity index (χ1n) is 6.78. The minimum absolute atomic E-state index is 0.0171. The molecule has 0 bridgehead atoms. The summed E-state index contributed by atoms with van der Waals surface area (Å²) in [6.45, 7) is -2.93. The molecule has 5 nitrogen and oxygen atoms in total. The highest BCUT2D eigenvalue weighted by Crippen LogP contribution is 2.24. The molecule has 9 heteroatoms. The Bertz CT molecular complexity index is 1020. The van der Waals surface area contributed by atoms with Crippen molar-refractivity contribution in [2.75, 3.05) is 0 Å².